The van der Waals surface area contributed by atoms with Crippen molar-refractivity contribution < 1.29 is 1.43 Å². The number of hydrogen-bond acceptors (Lipinski definition) is 5. The van der Waals surface area contributed by atoms with Gasteiger partial charge in [-0.15, -0.1) is 0 Å². The molecule has 0 amide bonds. The highest BCUT2D eigenvalue weighted by Gasteiger charge is 2.16. The van der Waals surface area contributed by atoms with Gasteiger partial charge in [0, 0.05) is 19.5 Å². The molecule has 0 fully saturated rings. The van der Waals surface area contributed by atoms with Crippen molar-refractivity contribution in [2.45, 2.75) is 20.8 Å². The quantitative estimate of drug-likeness (QED) is 0.615. The lowest BCUT2D eigenvalue weighted by Crippen LogP contribution is -2.37. The van der Waals surface area contributed by atoms with Crippen LogP contribution in [0.4, 0.5) is 17.1 Å². The molecule has 5 heteroatoms. The molecule has 3 aromatic rings. The van der Waals surface area contributed by atoms with E-state index in [1.165, 1.54) is 22.3 Å². The highest BCUT2D eigenvalue weighted by atomic mass is 15.5. The molecule has 1 aliphatic heterocycles. The number of hydrogen-bond donors (Lipinski definition) is 3. The lowest BCUT2D eigenvalue weighted by atomic mass is 9.93. The Morgan fingerprint density at radius 1 is 0.885 bits per heavy atom. The number of nitrogens with one attached hydrogen (secondary N) is 3. The average Bonchev–Trinajstić information content (AvgIpc) is 2.63. The first kappa shape index (κ1) is 16.1. The Morgan fingerprint density at radius 3 is 2.35 bits per heavy atom. The fourth-order valence-electron chi connectivity index (χ4n) is 3.33. The maximum Gasteiger partial charge on any atom is 0.220 e. The van der Waals surface area contributed by atoms with Crippen LogP contribution in [-0.2, 0) is 0 Å². The summed E-state index contributed by atoms with van der Waals surface area (Å²) in [5.41, 5.74) is 15.4. The van der Waals surface area contributed by atoms with Gasteiger partial charge in [-0.25, -0.2) is 4.99 Å². The molecule has 26 heavy (non-hydrogen) atoms. The first-order chi connectivity index (χ1) is 12.6. The van der Waals surface area contributed by atoms with Gasteiger partial charge < -0.3 is 5.32 Å². The van der Waals surface area contributed by atoms with Crippen molar-refractivity contribution in [1.29, 1.82) is 0 Å². The second kappa shape index (κ2) is 6.52. The molecule has 2 heterocycles. The Kier molecular flexibility index (Phi) is 4.05. The number of pyridine rings is 1. The Labute approximate surface area is 154 Å². The number of rotatable bonds is 2. The number of fused-ring (bicyclic) bond motifs is 1. The minimum atomic E-state index is 0. The van der Waals surface area contributed by atoms with Gasteiger partial charge in [0.25, 0.3) is 0 Å². The molecule has 0 unspecified atom stereocenters. The van der Waals surface area contributed by atoms with Gasteiger partial charge >= 0.3 is 0 Å². The Hall–Kier alpha value is -3.34. The van der Waals surface area contributed by atoms with Crippen molar-refractivity contribution in [2.24, 2.45) is 4.99 Å². The monoisotopic (exact) mass is 345 g/mol. The number of guanidine groups is 1. The summed E-state index contributed by atoms with van der Waals surface area (Å²) in [7, 11) is 0. The molecule has 1 aromatic heterocycles. The first-order valence-corrected chi connectivity index (χ1v) is 8.61. The molecule has 2 aromatic carbocycles. The van der Waals surface area contributed by atoms with E-state index in [-0.39, 0.29) is 1.43 Å². The highest BCUT2D eigenvalue weighted by Crippen LogP contribution is 2.37. The van der Waals surface area contributed by atoms with Gasteiger partial charge in [0.15, 0.2) is 0 Å². The number of aryl methyl sites for hydroxylation is 3. The molecule has 4 rings (SSSR count). The van der Waals surface area contributed by atoms with Crippen molar-refractivity contribution in [1.82, 2.24) is 10.4 Å². The topological polar surface area (TPSA) is 61.3 Å². The fraction of sp³-hybridized carbons (Fsp3) is 0.143. The summed E-state index contributed by atoms with van der Waals surface area (Å²) < 4.78 is 0. The number of aliphatic imine (C=N–C) groups is 1. The summed E-state index contributed by atoms with van der Waals surface area (Å²) in [6, 6.07) is 14.6. The van der Waals surface area contributed by atoms with Crippen LogP contribution in [0.1, 0.15) is 18.1 Å². The van der Waals surface area contributed by atoms with E-state index >= 15 is 0 Å². The Balaban J connectivity index is 0.00000210. The highest BCUT2D eigenvalue weighted by molar-refractivity contribution is 6.00. The van der Waals surface area contributed by atoms with E-state index in [2.05, 4.69) is 72.3 Å². The predicted octanol–water partition coefficient (Wildman–Crippen LogP) is 4.95. The normalized spacial score (nSPS) is 12.5. The Bertz CT molecular complexity index is 979. The van der Waals surface area contributed by atoms with E-state index < -0.39 is 0 Å². The third kappa shape index (κ3) is 2.99. The Morgan fingerprint density at radius 2 is 1.62 bits per heavy atom. The van der Waals surface area contributed by atoms with Crippen LogP contribution in [0, 0.1) is 20.8 Å². The van der Waals surface area contributed by atoms with Crippen LogP contribution < -0.4 is 16.2 Å². The van der Waals surface area contributed by atoms with E-state index in [1.54, 1.807) is 12.4 Å². The summed E-state index contributed by atoms with van der Waals surface area (Å²) in [6.45, 7) is 6.39. The SMILES string of the molecule is Cc1cc(-c2c(C)cccc2C)cc2c1N=C(Nc1ccncc1)NN2.[HH]. The van der Waals surface area contributed by atoms with Crippen molar-refractivity contribution >= 4 is 23.0 Å². The van der Waals surface area contributed by atoms with E-state index in [1.807, 2.05) is 12.1 Å². The number of aromatic nitrogens is 1. The minimum Gasteiger partial charge on any atom is -0.325 e. The lowest BCUT2D eigenvalue weighted by molar-refractivity contribution is 1.07. The van der Waals surface area contributed by atoms with Crippen molar-refractivity contribution in [2.75, 3.05) is 10.7 Å². The van der Waals surface area contributed by atoms with Crippen molar-refractivity contribution in [3.63, 3.8) is 0 Å². The molecular formula is C21H23N5. The second-order valence-corrected chi connectivity index (χ2v) is 6.53. The van der Waals surface area contributed by atoms with E-state index in [4.69, 9.17) is 4.99 Å². The molecule has 0 bridgehead atoms. The van der Waals surface area contributed by atoms with Crippen LogP contribution in [0.15, 0.2) is 59.9 Å². The smallest absolute Gasteiger partial charge is 0.220 e. The summed E-state index contributed by atoms with van der Waals surface area (Å²) in [5.74, 6) is 0.659. The third-order valence-corrected chi connectivity index (χ3v) is 4.55. The number of nitrogens with zero attached hydrogens (tertiary/aromatic N) is 2. The largest absolute Gasteiger partial charge is 0.325 e. The minimum absolute atomic E-state index is 0. The second-order valence-electron chi connectivity index (χ2n) is 6.53. The molecule has 0 aliphatic carbocycles. The van der Waals surface area contributed by atoms with Gasteiger partial charge in [-0.2, -0.15) is 0 Å². The molecular weight excluding hydrogens is 322 g/mol. The number of anilines is 2. The van der Waals surface area contributed by atoms with Crippen molar-refractivity contribution in [3.05, 3.63) is 71.5 Å². The summed E-state index contributed by atoms with van der Waals surface area (Å²) >= 11 is 0. The molecule has 1 aliphatic rings. The molecule has 132 valence electrons. The van der Waals surface area contributed by atoms with Crippen molar-refractivity contribution in [3.8, 4) is 11.1 Å². The number of benzene rings is 2. The fourth-order valence-corrected chi connectivity index (χ4v) is 3.33. The van der Waals surface area contributed by atoms with Crippen LogP contribution in [0.3, 0.4) is 0 Å². The van der Waals surface area contributed by atoms with Crippen LogP contribution >= 0.6 is 0 Å². The molecule has 0 radical (unpaired) electrons. The van der Waals surface area contributed by atoms with E-state index in [0.717, 1.165) is 22.6 Å². The maximum absolute atomic E-state index is 4.73. The van der Waals surface area contributed by atoms with E-state index in [0.29, 0.717) is 5.96 Å². The number of hydrazine groups is 1. The van der Waals surface area contributed by atoms with Gasteiger partial charge in [-0.1, -0.05) is 18.2 Å². The first-order valence-electron chi connectivity index (χ1n) is 8.61. The zero-order valence-electron chi connectivity index (χ0n) is 15.1. The zero-order valence-corrected chi connectivity index (χ0v) is 15.1. The molecule has 3 N–H and O–H groups in total. The van der Waals surface area contributed by atoms with E-state index in [9.17, 15) is 0 Å². The lowest BCUT2D eigenvalue weighted by Gasteiger charge is -2.23. The summed E-state index contributed by atoms with van der Waals surface area (Å²) in [6.07, 6.45) is 3.49. The van der Waals surface area contributed by atoms with Gasteiger partial charge in [-0.05, 0) is 72.9 Å². The zero-order chi connectivity index (χ0) is 18.1. The predicted molar refractivity (Wildman–Crippen MR) is 110 cm³/mol. The maximum atomic E-state index is 4.73. The van der Waals surface area contributed by atoms with Crippen LogP contribution in [0.5, 0.6) is 0 Å². The van der Waals surface area contributed by atoms with Gasteiger partial charge in [0.2, 0.25) is 5.96 Å². The molecule has 0 spiro atoms. The van der Waals surface area contributed by atoms with Crippen LogP contribution in [-0.4, -0.2) is 10.9 Å². The van der Waals surface area contributed by atoms with Gasteiger partial charge in [0.1, 0.15) is 0 Å². The molecule has 0 saturated heterocycles. The molecule has 0 atom stereocenters. The summed E-state index contributed by atoms with van der Waals surface area (Å²) in [4.78, 5) is 8.76. The van der Waals surface area contributed by atoms with Crippen LogP contribution in [0.25, 0.3) is 11.1 Å². The van der Waals surface area contributed by atoms with Gasteiger partial charge in [-0.3, -0.25) is 15.8 Å². The standard InChI is InChI=1S/C21H21N5.H2/c1-13-5-4-6-14(2)19(13)16-11-15(3)20-18(12-16)25-26-21(24-20)23-17-7-9-22-10-8-17;/h4-12,25H,1-3H3,(H2,22,23,24,26);1H. The molecule has 5 nitrogen and oxygen atoms in total. The third-order valence-electron chi connectivity index (χ3n) is 4.55. The average molecular weight is 345 g/mol. The summed E-state index contributed by atoms with van der Waals surface area (Å²) in [5, 5.41) is 3.25. The van der Waals surface area contributed by atoms with Crippen LogP contribution in [0.2, 0.25) is 0 Å². The molecule has 0 saturated carbocycles. The van der Waals surface area contributed by atoms with Gasteiger partial charge in [0.05, 0.1) is 11.4 Å².